The molecule has 0 saturated heterocycles. The monoisotopic (exact) mass is 325 g/mol. The molecule has 0 amide bonds. The fourth-order valence-electron chi connectivity index (χ4n) is 2.08. The van der Waals surface area contributed by atoms with E-state index in [1.54, 1.807) is 36.4 Å². The number of benzene rings is 2. The summed E-state index contributed by atoms with van der Waals surface area (Å²) < 4.78 is 11.8. The van der Waals surface area contributed by atoms with Gasteiger partial charge >= 0.3 is 0 Å². The second kappa shape index (κ2) is 5.20. The summed E-state index contributed by atoms with van der Waals surface area (Å²) >= 11 is 12.1. The van der Waals surface area contributed by atoms with Gasteiger partial charge in [0, 0.05) is 5.56 Å². The van der Waals surface area contributed by atoms with Crippen LogP contribution < -0.4 is 5.32 Å². The van der Waals surface area contributed by atoms with E-state index in [-0.39, 0.29) is 11.3 Å². The van der Waals surface area contributed by atoms with Crippen LogP contribution in [0.5, 0.6) is 0 Å². The van der Waals surface area contributed by atoms with Crippen LogP contribution in [0.15, 0.2) is 41.3 Å². The summed E-state index contributed by atoms with van der Waals surface area (Å²) in [6, 6.07) is 9.98. The molecule has 0 radical (unpaired) electrons. The van der Waals surface area contributed by atoms with Crippen LogP contribution in [0.2, 0.25) is 10.0 Å². The van der Waals surface area contributed by atoms with Crippen molar-refractivity contribution < 1.29 is 9.00 Å². The Morgan fingerprint density at radius 1 is 1.15 bits per heavy atom. The average molecular weight is 326 g/mol. The molecule has 6 heteroatoms. The van der Waals surface area contributed by atoms with Crippen molar-refractivity contribution >= 4 is 45.5 Å². The Labute approximate surface area is 128 Å². The van der Waals surface area contributed by atoms with Crippen LogP contribution in [0.1, 0.15) is 15.9 Å². The molecule has 1 aliphatic heterocycles. The van der Waals surface area contributed by atoms with Gasteiger partial charge < -0.3 is 5.32 Å². The third-order valence-electron chi connectivity index (χ3n) is 3.07. The van der Waals surface area contributed by atoms with E-state index >= 15 is 0 Å². The fourth-order valence-corrected chi connectivity index (χ4v) is 3.73. The summed E-state index contributed by atoms with van der Waals surface area (Å²) in [5, 5.41) is 3.63. The Kier molecular flexibility index (Phi) is 3.54. The topological polar surface area (TPSA) is 46.2 Å². The van der Waals surface area contributed by atoms with Crippen molar-refractivity contribution in [1.82, 2.24) is 0 Å². The highest BCUT2D eigenvalue weighted by Gasteiger charge is 2.22. The lowest BCUT2D eigenvalue weighted by Crippen LogP contribution is -2.04. The van der Waals surface area contributed by atoms with Crippen molar-refractivity contribution in [3.05, 3.63) is 57.6 Å². The molecule has 0 aliphatic carbocycles. The molecule has 1 atom stereocenters. The van der Waals surface area contributed by atoms with Crippen LogP contribution in [0, 0.1) is 0 Å². The van der Waals surface area contributed by atoms with Crippen LogP contribution in [0.3, 0.4) is 0 Å². The third-order valence-corrected chi connectivity index (χ3v) is 4.94. The number of carbonyl (C=O) groups excluding carboxylic acids is 1. The molecule has 1 heterocycles. The molecule has 0 saturated carbocycles. The van der Waals surface area contributed by atoms with Gasteiger partial charge in [-0.1, -0.05) is 29.3 Å². The minimum atomic E-state index is -1.12. The third kappa shape index (κ3) is 2.24. The zero-order valence-corrected chi connectivity index (χ0v) is 12.5. The second-order valence-corrected chi connectivity index (χ2v) is 6.54. The van der Waals surface area contributed by atoms with Gasteiger partial charge in [-0.2, -0.15) is 0 Å². The Morgan fingerprint density at radius 3 is 2.55 bits per heavy atom. The van der Waals surface area contributed by atoms with Gasteiger partial charge in [0.15, 0.2) is 5.78 Å². The molecule has 2 aromatic rings. The van der Waals surface area contributed by atoms with Crippen molar-refractivity contribution in [3.8, 4) is 0 Å². The maximum absolute atomic E-state index is 12.5. The summed E-state index contributed by atoms with van der Waals surface area (Å²) in [4.78, 5) is 13.1. The minimum absolute atomic E-state index is 0.271. The minimum Gasteiger partial charge on any atom is -0.372 e. The van der Waals surface area contributed by atoms with Crippen LogP contribution in [0.25, 0.3) is 0 Å². The van der Waals surface area contributed by atoms with Crippen LogP contribution in [-0.4, -0.2) is 15.9 Å². The fraction of sp³-hybridized carbons (Fsp3) is 0.0714. The number of hydrogen-bond acceptors (Lipinski definition) is 3. The van der Waals surface area contributed by atoms with Gasteiger partial charge in [-0.25, -0.2) is 0 Å². The number of hydrogen-bond donors (Lipinski definition) is 1. The first-order valence-electron chi connectivity index (χ1n) is 5.83. The van der Waals surface area contributed by atoms with Crippen LogP contribution in [0.4, 0.5) is 5.69 Å². The number of nitrogens with one attached hydrogen (secondary N) is 1. The lowest BCUT2D eigenvalue weighted by molar-refractivity contribution is 0.103. The quantitative estimate of drug-likeness (QED) is 0.856. The largest absolute Gasteiger partial charge is 0.372 e. The summed E-state index contributed by atoms with van der Waals surface area (Å²) in [5.74, 6) is 0.104. The number of ketones is 1. The van der Waals surface area contributed by atoms with E-state index in [0.717, 1.165) is 5.69 Å². The van der Waals surface area contributed by atoms with Gasteiger partial charge in [0.05, 0.1) is 42.9 Å². The van der Waals surface area contributed by atoms with E-state index in [1.807, 2.05) is 0 Å². The Bertz CT molecular complexity index is 726. The number of carbonyl (C=O) groups is 1. The first-order chi connectivity index (χ1) is 9.58. The molecule has 3 nitrogen and oxygen atoms in total. The average Bonchev–Trinajstić information content (AvgIpc) is 2.79. The van der Waals surface area contributed by atoms with Crippen LogP contribution >= 0.6 is 23.2 Å². The predicted octanol–water partition coefficient (Wildman–Crippen LogP) is 3.72. The lowest BCUT2D eigenvalue weighted by Gasteiger charge is -2.07. The van der Waals surface area contributed by atoms with Gasteiger partial charge in [0.2, 0.25) is 0 Å². The smallest absolute Gasteiger partial charge is 0.196 e. The Morgan fingerprint density at radius 2 is 1.85 bits per heavy atom. The highest BCUT2D eigenvalue weighted by atomic mass is 35.5. The van der Waals surface area contributed by atoms with Crippen molar-refractivity contribution in [2.24, 2.45) is 0 Å². The van der Waals surface area contributed by atoms with Gasteiger partial charge in [-0.05, 0) is 30.3 Å². The predicted molar refractivity (Wildman–Crippen MR) is 81.2 cm³/mol. The lowest BCUT2D eigenvalue weighted by atomic mass is 10.0. The molecule has 1 aliphatic rings. The molecule has 0 aromatic heterocycles. The number of anilines is 1. The van der Waals surface area contributed by atoms with E-state index in [0.29, 0.717) is 26.4 Å². The molecule has 0 spiro atoms. The molecule has 20 heavy (non-hydrogen) atoms. The Hall–Kier alpha value is -1.36. The van der Waals surface area contributed by atoms with Crippen molar-refractivity contribution in [1.29, 1.82) is 0 Å². The van der Waals surface area contributed by atoms with Gasteiger partial charge in [-0.15, -0.1) is 0 Å². The van der Waals surface area contributed by atoms with Gasteiger partial charge in [-0.3, -0.25) is 9.00 Å². The summed E-state index contributed by atoms with van der Waals surface area (Å²) in [6.45, 7) is 0. The van der Waals surface area contributed by atoms with Crippen molar-refractivity contribution in [2.45, 2.75) is 4.90 Å². The molecular weight excluding hydrogens is 317 g/mol. The number of halogens is 2. The molecule has 102 valence electrons. The Balaban J connectivity index is 2.08. The molecule has 0 bridgehead atoms. The SMILES string of the molecule is O=C(c1ccc2c(c1)S(=O)CN2)c1c(Cl)cccc1Cl. The van der Waals surface area contributed by atoms with Crippen LogP contribution in [-0.2, 0) is 10.8 Å². The maximum Gasteiger partial charge on any atom is 0.196 e. The summed E-state index contributed by atoms with van der Waals surface area (Å²) in [6.07, 6.45) is 0. The van der Waals surface area contributed by atoms with E-state index in [2.05, 4.69) is 5.32 Å². The molecule has 3 rings (SSSR count). The van der Waals surface area contributed by atoms with E-state index in [4.69, 9.17) is 23.2 Å². The number of rotatable bonds is 2. The molecule has 1 N–H and O–H groups in total. The van der Waals surface area contributed by atoms with Gasteiger partial charge in [0.1, 0.15) is 0 Å². The molecule has 1 unspecified atom stereocenters. The van der Waals surface area contributed by atoms with E-state index in [1.165, 1.54) is 0 Å². The second-order valence-electron chi connectivity index (χ2n) is 4.30. The van der Waals surface area contributed by atoms with Gasteiger partial charge in [0.25, 0.3) is 0 Å². The maximum atomic E-state index is 12.5. The van der Waals surface area contributed by atoms with E-state index in [9.17, 15) is 9.00 Å². The summed E-state index contributed by atoms with van der Waals surface area (Å²) in [5.41, 5.74) is 1.49. The zero-order chi connectivity index (χ0) is 14.3. The molecule has 0 fully saturated rings. The molecular formula is C14H9Cl2NO2S. The standard InChI is InChI=1S/C14H9Cl2NO2S/c15-9-2-1-3-10(16)13(9)14(18)8-4-5-11-12(6-8)20(19)7-17-11/h1-6,17H,7H2. The highest BCUT2D eigenvalue weighted by molar-refractivity contribution is 7.85. The first kappa shape index (κ1) is 13.6. The van der Waals surface area contributed by atoms with E-state index < -0.39 is 10.8 Å². The van der Waals surface area contributed by atoms with Crippen molar-refractivity contribution in [3.63, 3.8) is 0 Å². The van der Waals surface area contributed by atoms with Crippen molar-refractivity contribution in [2.75, 3.05) is 11.2 Å². The normalized spacial score (nSPS) is 16.6. The highest BCUT2D eigenvalue weighted by Crippen LogP contribution is 2.31. The summed E-state index contributed by atoms with van der Waals surface area (Å²) in [7, 11) is -1.12. The molecule has 2 aromatic carbocycles. The first-order valence-corrected chi connectivity index (χ1v) is 7.90. The number of fused-ring (bicyclic) bond motifs is 1. The zero-order valence-electron chi connectivity index (χ0n) is 10.2.